The average molecular weight is 279 g/mol. The number of quaternary nitrogens is 1. The average Bonchev–Trinajstić information content (AvgIpc) is 2.64. The molecule has 4 heteroatoms. The van der Waals surface area contributed by atoms with Crippen LogP contribution in [-0.4, -0.2) is 43.2 Å². The molecule has 2 atom stereocenters. The van der Waals surface area contributed by atoms with Gasteiger partial charge in [0.1, 0.15) is 5.37 Å². The Morgan fingerprint density at radius 2 is 1.89 bits per heavy atom. The van der Waals surface area contributed by atoms with Gasteiger partial charge in [-0.05, 0) is 19.4 Å². The third-order valence-electron chi connectivity index (χ3n) is 3.46. The molecule has 1 saturated heterocycles. The Bertz CT molecular complexity index is 444. The second-order valence-corrected chi connectivity index (χ2v) is 6.96. The largest absolute Gasteiger partial charge is 0.338 e. The van der Waals surface area contributed by atoms with E-state index in [0.717, 1.165) is 13.1 Å². The predicted molar refractivity (Wildman–Crippen MR) is 80.4 cm³/mol. The molecule has 0 spiro atoms. The number of carbonyl (C=O) groups is 1. The van der Waals surface area contributed by atoms with E-state index in [4.69, 9.17) is 0 Å². The number of nitrogens with one attached hydrogen (secondary N) is 1. The van der Waals surface area contributed by atoms with Gasteiger partial charge in [0.25, 0.3) is 0 Å². The molecule has 104 valence electrons. The van der Waals surface area contributed by atoms with Gasteiger partial charge in [0.15, 0.2) is 0 Å². The summed E-state index contributed by atoms with van der Waals surface area (Å²) in [5.41, 5.74) is 2.50. The predicted octanol–water partition coefficient (Wildman–Crippen LogP) is 1.10. The summed E-state index contributed by atoms with van der Waals surface area (Å²) in [6.07, 6.45) is 0. The minimum absolute atomic E-state index is 0.0727. The van der Waals surface area contributed by atoms with Crippen molar-refractivity contribution in [2.45, 2.75) is 24.5 Å². The molecule has 0 saturated carbocycles. The standard InChI is InChI=1S/C15H22N2OS/c1-11-5-7-13(8-6-11)15-17(10-9-16(3)4)14(18)12(2)19-15/h5-8,12,15H,9-10H2,1-4H3/p+1/t12-,15+/m0/s1. The highest BCUT2D eigenvalue weighted by atomic mass is 32.2. The van der Waals surface area contributed by atoms with Gasteiger partial charge in [-0.25, -0.2) is 0 Å². The highest BCUT2D eigenvalue weighted by molar-refractivity contribution is 8.01. The fraction of sp³-hybridized carbons (Fsp3) is 0.533. The van der Waals surface area contributed by atoms with E-state index in [0.29, 0.717) is 0 Å². The van der Waals surface area contributed by atoms with Gasteiger partial charge in [-0.15, -0.1) is 11.8 Å². The molecule has 1 N–H and O–H groups in total. The summed E-state index contributed by atoms with van der Waals surface area (Å²) < 4.78 is 0. The quantitative estimate of drug-likeness (QED) is 0.893. The Morgan fingerprint density at radius 3 is 2.47 bits per heavy atom. The van der Waals surface area contributed by atoms with Crippen LogP contribution in [0.5, 0.6) is 0 Å². The fourth-order valence-corrected chi connectivity index (χ4v) is 3.54. The van der Waals surface area contributed by atoms with Gasteiger partial charge in [0.05, 0.1) is 32.4 Å². The summed E-state index contributed by atoms with van der Waals surface area (Å²) in [5, 5.41) is 0.255. The van der Waals surface area contributed by atoms with Gasteiger partial charge < -0.3 is 9.80 Å². The first-order valence-electron chi connectivity index (χ1n) is 6.80. The molecule has 1 amide bonds. The molecule has 0 aliphatic carbocycles. The molecule has 0 bridgehead atoms. The summed E-state index contributed by atoms with van der Waals surface area (Å²) in [5.74, 6) is 0.275. The van der Waals surface area contributed by atoms with Crippen molar-refractivity contribution in [2.75, 3.05) is 27.2 Å². The van der Waals surface area contributed by atoms with Crippen molar-refractivity contribution in [1.29, 1.82) is 0 Å². The van der Waals surface area contributed by atoms with Crippen LogP contribution < -0.4 is 4.90 Å². The first-order chi connectivity index (χ1) is 8.99. The lowest BCUT2D eigenvalue weighted by Crippen LogP contribution is -3.06. The zero-order valence-corrected chi connectivity index (χ0v) is 13.0. The summed E-state index contributed by atoms with van der Waals surface area (Å²) in [6, 6.07) is 8.54. The Hall–Kier alpha value is -1.00. The van der Waals surface area contributed by atoms with Crippen molar-refractivity contribution >= 4 is 17.7 Å². The SMILES string of the molecule is Cc1ccc([C@H]2S[C@@H](C)C(=O)N2CC[NH+](C)C)cc1. The number of hydrogen-bond donors (Lipinski definition) is 1. The van der Waals surface area contributed by atoms with E-state index in [9.17, 15) is 4.79 Å². The topological polar surface area (TPSA) is 24.8 Å². The lowest BCUT2D eigenvalue weighted by atomic mass is 10.1. The summed E-state index contributed by atoms with van der Waals surface area (Å²) in [4.78, 5) is 15.7. The molecule has 0 radical (unpaired) electrons. The maximum absolute atomic E-state index is 12.3. The van der Waals surface area contributed by atoms with Crippen LogP contribution in [0.25, 0.3) is 0 Å². The molecule has 19 heavy (non-hydrogen) atoms. The molecule has 1 aromatic carbocycles. The zero-order valence-electron chi connectivity index (χ0n) is 12.1. The Balaban J connectivity index is 2.17. The third kappa shape index (κ3) is 3.31. The summed E-state index contributed by atoms with van der Waals surface area (Å²) in [6.45, 7) is 5.92. The lowest BCUT2D eigenvalue weighted by Gasteiger charge is -2.24. The van der Waals surface area contributed by atoms with Gasteiger partial charge in [-0.2, -0.15) is 0 Å². The Morgan fingerprint density at radius 1 is 1.26 bits per heavy atom. The number of rotatable bonds is 4. The maximum Gasteiger partial charge on any atom is 0.236 e. The van der Waals surface area contributed by atoms with Gasteiger partial charge in [0, 0.05) is 0 Å². The zero-order chi connectivity index (χ0) is 14.0. The van der Waals surface area contributed by atoms with Crippen molar-refractivity contribution in [1.82, 2.24) is 4.90 Å². The van der Waals surface area contributed by atoms with E-state index >= 15 is 0 Å². The third-order valence-corrected chi connectivity index (χ3v) is 4.86. The van der Waals surface area contributed by atoms with Crippen LogP contribution in [0.1, 0.15) is 23.4 Å². The number of hydrogen-bond acceptors (Lipinski definition) is 2. The fourth-order valence-electron chi connectivity index (χ4n) is 2.24. The van der Waals surface area contributed by atoms with Gasteiger partial charge >= 0.3 is 0 Å². The van der Waals surface area contributed by atoms with E-state index in [1.807, 2.05) is 11.8 Å². The van der Waals surface area contributed by atoms with Crippen molar-refractivity contribution in [2.24, 2.45) is 0 Å². The van der Waals surface area contributed by atoms with Crippen molar-refractivity contribution in [3.8, 4) is 0 Å². The number of benzene rings is 1. The van der Waals surface area contributed by atoms with E-state index < -0.39 is 0 Å². The maximum atomic E-state index is 12.3. The number of likely N-dealkylation sites (N-methyl/N-ethyl adjacent to an activating group) is 1. The second kappa shape index (κ2) is 5.97. The molecule has 0 aromatic heterocycles. The number of nitrogens with zero attached hydrogens (tertiary/aromatic N) is 1. The van der Waals surface area contributed by atoms with Crippen molar-refractivity contribution < 1.29 is 9.69 Å². The summed E-state index contributed by atoms with van der Waals surface area (Å²) >= 11 is 1.76. The highest BCUT2D eigenvalue weighted by Crippen LogP contribution is 2.42. The van der Waals surface area contributed by atoms with Crippen molar-refractivity contribution in [3.63, 3.8) is 0 Å². The molecule has 1 heterocycles. The van der Waals surface area contributed by atoms with Crippen LogP contribution in [0.15, 0.2) is 24.3 Å². The lowest BCUT2D eigenvalue weighted by molar-refractivity contribution is -0.857. The van der Waals surface area contributed by atoms with Gasteiger partial charge in [-0.3, -0.25) is 4.79 Å². The number of thioether (sulfide) groups is 1. The number of aryl methyl sites for hydroxylation is 1. The molecule has 1 aliphatic heterocycles. The molecular formula is C15H23N2OS+. The van der Waals surface area contributed by atoms with Crippen LogP contribution in [0.2, 0.25) is 0 Å². The molecule has 2 rings (SSSR count). The van der Waals surface area contributed by atoms with Crippen LogP contribution in [0, 0.1) is 6.92 Å². The Kier molecular flexibility index (Phi) is 4.53. The smallest absolute Gasteiger partial charge is 0.236 e. The van der Waals surface area contributed by atoms with Gasteiger partial charge in [0.2, 0.25) is 5.91 Å². The molecule has 0 unspecified atom stereocenters. The minimum Gasteiger partial charge on any atom is -0.338 e. The Labute approximate surface area is 120 Å². The first-order valence-corrected chi connectivity index (χ1v) is 7.75. The molecule has 3 nitrogen and oxygen atoms in total. The van der Waals surface area contributed by atoms with Crippen LogP contribution >= 0.6 is 11.8 Å². The van der Waals surface area contributed by atoms with Crippen LogP contribution in [0.3, 0.4) is 0 Å². The second-order valence-electron chi connectivity index (χ2n) is 5.53. The van der Waals surface area contributed by atoms with E-state index in [1.165, 1.54) is 16.0 Å². The van der Waals surface area contributed by atoms with Crippen LogP contribution in [0.4, 0.5) is 0 Å². The minimum atomic E-state index is 0.0727. The number of amides is 1. The van der Waals surface area contributed by atoms with Crippen molar-refractivity contribution in [3.05, 3.63) is 35.4 Å². The van der Waals surface area contributed by atoms with Gasteiger partial charge in [-0.1, -0.05) is 29.8 Å². The first kappa shape index (κ1) is 14.4. The highest BCUT2D eigenvalue weighted by Gasteiger charge is 2.38. The van der Waals surface area contributed by atoms with E-state index in [1.54, 1.807) is 11.8 Å². The molecule has 1 fully saturated rings. The van der Waals surface area contributed by atoms with Crippen LogP contribution in [-0.2, 0) is 4.79 Å². The van der Waals surface area contributed by atoms with E-state index in [2.05, 4.69) is 45.3 Å². The van der Waals surface area contributed by atoms with E-state index in [-0.39, 0.29) is 16.5 Å². The molecular weight excluding hydrogens is 256 g/mol. The summed E-state index contributed by atoms with van der Waals surface area (Å²) in [7, 11) is 4.25. The molecule has 1 aromatic rings. The number of carbonyl (C=O) groups excluding carboxylic acids is 1. The normalized spacial score (nSPS) is 23.4. The molecule has 1 aliphatic rings. The monoisotopic (exact) mass is 279 g/mol.